The highest BCUT2D eigenvalue weighted by molar-refractivity contribution is 5.39. The van der Waals surface area contributed by atoms with Crippen LogP contribution >= 0.6 is 0 Å². The van der Waals surface area contributed by atoms with E-state index in [0.29, 0.717) is 0 Å². The average Bonchev–Trinajstić information content (AvgIpc) is 2.43. The number of ether oxygens (including phenoxy) is 1. The summed E-state index contributed by atoms with van der Waals surface area (Å²) in [5, 5.41) is 0. The molecule has 1 aliphatic rings. The molecule has 1 aromatic rings. The van der Waals surface area contributed by atoms with E-state index in [4.69, 9.17) is 4.74 Å². The SMILES string of the molecule is CCCC1(c2cccc(OC)c2)C=C(C)N(C)CC1. The summed E-state index contributed by atoms with van der Waals surface area (Å²) in [5.74, 6) is 0.956. The van der Waals surface area contributed by atoms with E-state index < -0.39 is 0 Å². The molecule has 0 fully saturated rings. The van der Waals surface area contributed by atoms with Crippen molar-refractivity contribution in [2.75, 3.05) is 20.7 Å². The summed E-state index contributed by atoms with van der Waals surface area (Å²) in [6.45, 7) is 5.60. The Balaban J connectivity index is 2.44. The van der Waals surface area contributed by atoms with Gasteiger partial charge < -0.3 is 9.64 Å². The van der Waals surface area contributed by atoms with Crippen molar-refractivity contribution in [3.8, 4) is 5.75 Å². The summed E-state index contributed by atoms with van der Waals surface area (Å²) >= 11 is 0. The van der Waals surface area contributed by atoms with Gasteiger partial charge in [-0.25, -0.2) is 0 Å². The molecule has 1 heterocycles. The first-order valence-corrected chi connectivity index (χ1v) is 7.16. The lowest BCUT2D eigenvalue weighted by atomic mass is 9.72. The average molecular weight is 259 g/mol. The predicted molar refractivity (Wildman–Crippen MR) is 80.6 cm³/mol. The molecule has 0 amide bonds. The summed E-state index contributed by atoms with van der Waals surface area (Å²) < 4.78 is 5.39. The minimum atomic E-state index is 0.180. The van der Waals surface area contributed by atoms with Crippen LogP contribution in [0.25, 0.3) is 0 Å². The Morgan fingerprint density at radius 2 is 2.16 bits per heavy atom. The molecule has 0 aliphatic carbocycles. The van der Waals surface area contributed by atoms with Crippen LogP contribution in [0.3, 0.4) is 0 Å². The fourth-order valence-electron chi connectivity index (χ4n) is 3.07. The molecular formula is C17H25NO. The molecule has 0 bridgehead atoms. The van der Waals surface area contributed by atoms with E-state index >= 15 is 0 Å². The summed E-state index contributed by atoms with van der Waals surface area (Å²) in [5.41, 5.74) is 2.95. The molecule has 1 aliphatic heterocycles. The molecule has 0 N–H and O–H groups in total. The van der Waals surface area contributed by atoms with Crippen LogP contribution in [0.1, 0.15) is 38.7 Å². The maximum Gasteiger partial charge on any atom is 0.119 e. The molecule has 0 saturated carbocycles. The molecule has 1 aromatic carbocycles. The van der Waals surface area contributed by atoms with E-state index in [1.807, 2.05) is 6.07 Å². The van der Waals surface area contributed by atoms with Gasteiger partial charge in [-0.3, -0.25) is 0 Å². The van der Waals surface area contributed by atoms with Crippen LogP contribution in [-0.4, -0.2) is 25.6 Å². The van der Waals surface area contributed by atoms with E-state index in [0.717, 1.165) is 12.3 Å². The third-order valence-corrected chi connectivity index (χ3v) is 4.32. The molecule has 2 nitrogen and oxygen atoms in total. The van der Waals surface area contributed by atoms with Gasteiger partial charge in [0, 0.05) is 24.7 Å². The fourth-order valence-corrected chi connectivity index (χ4v) is 3.07. The van der Waals surface area contributed by atoms with Crippen LogP contribution in [0.5, 0.6) is 5.75 Å². The Labute approximate surface area is 117 Å². The quantitative estimate of drug-likeness (QED) is 0.811. The Kier molecular flexibility index (Phi) is 4.18. The number of rotatable bonds is 4. The van der Waals surface area contributed by atoms with Crippen molar-refractivity contribution in [2.24, 2.45) is 0 Å². The van der Waals surface area contributed by atoms with Gasteiger partial charge >= 0.3 is 0 Å². The van der Waals surface area contributed by atoms with Gasteiger partial charge in [-0.05, 0) is 37.5 Å². The second-order valence-electron chi connectivity index (χ2n) is 5.60. The van der Waals surface area contributed by atoms with Crippen LogP contribution in [0.2, 0.25) is 0 Å². The van der Waals surface area contributed by atoms with Gasteiger partial charge in [-0.15, -0.1) is 0 Å². The Hall–Kier alpha value is -1.44. The Morgan fingerprint density at radius 1 is 1.37 bits per heavy atom. The molecule has 0 aromatic heterocycles. The Bertz CT molecular complexity index is 466. The minimum absolute atomic E-state index is 0.180. The van der Waals surface area contributed by atoms with Gasteiger partial charge in [-0.1, -0.05) is 31.6 Å². The topological polar surface area (TPSA) is 12.5 Å². The molecule has 1 unspecified atom stereocenters. The van der Waals surface area contributed by atoms with Crippen LogP contribution < -0.4 is 4.74 Å². The zero-order valence-corrected chi connectivity index (χ0v) is 12.6. The van der Waals surface area contributed by atoms with Crippen LogP contribution in [0, 0.1) is 0 Å². The first-order valence-electron chi connectivity index (χ1n) is 7.16. The number of allylic oxidation sites excluding steroid dienone is 2. The zero-order valence-electron chi connectivity index (χ0n) is 12.6. The highest BCUT2D eigenvalue weighted by atomic mass is 16.5. The van der Waals surface area contributed by atoms with Gasteiger partial charge in [-0.2, -0.15) is 0 Å². The molecule has 2 rings (SSSR count). The highest BCUT2D eigenvalue weighted by Gasteiger charge is 2.32. The van der Waals surface area contributed by atoms with Gasteiger partial charge in [0.15, 0.2) is 0 Å². The molecule has 19 heavy (non-hydrogen) atoms. The molecule has 0 saturated heterocycles. The maximum atomic E-state index is 5.39. The lowest BCUT2D eigenvalue weighted by Gasteiger charge is -2.39. The van der Waals surface area contributed by atoms with Gasteiger partial charge in [0.05, 0.1) is 7.11 Å². The van der Waals surface area contributed by atoms with Gasteiger partial charge in [0.1, 0.15) is 5.75 Å². The summed E-state index contributed by atoms with van der Waals surface area (Å²) in [6.07, 6.45) is 6.03. The predicted octanol–water partition coefficient (Wildman–Crippen LogP) is 3.97. The smallest absolute Gasteiger partial charge is 0.119 e. The minimum Gasteiger partial charge on any atom is -0.497 e. The van der Waals surface area contributed by atoms with Crippen molar-refractivity contribution in [2.45, 2.75) is 38.5 Å². The van der Waals surface area contributed by atoms with Crippen molar-refractivity contribution in [3.63, 3.8) is 0 Å². The first-order chi connectivity index (χ1) is 9.11. The van der Waals surface area contributed by atoms with Crippen LogP contribution in [0.4, 0.5) is 0 Å². The zero-order chi connectivity index (χ0) is 13.9. The molecular weight excluding hydrogens is 234 g/mol. The maximum absolute atomic E-state index is 5.39. The third-order valence-electron chi connectivity index (χ3n) is 4.32. The third kappa shape index (κ3) is 2.78. The second-order valence-corrected chi connectivity index (χ2v) is 5.60. The summed E-state index contributed by atoms with van der Waals surface area (Å²) in [4.78, 5) is 2.34. The molecule has 1 atom stereocenters. The summed E-state index contributed by atoms with van der Waals surface area (Å²) in [7, 11) is 3.91. The van der Waals surface area contributed by atoms with E-state index in [2.05, 4.69) is 50.1 Å². The lowest BCUT2D eigenvalue weighted by Crippen LogP contribution is -2.35. The lowest BCUT2D eigenvalue weighted by molar-refractivity contribution is 0.303. The number of benzene rings is 1. The summed E-state index contributed by atoms with van der Waals surface area (Å²) in [6, 6.07) is 8.57. The fraction of sp³-hybridized carbons (Fsp3) is 0.529. The van der Waals surface area contributed by atoms with Crippen molar-refractivity contribution in [1.82, 2.24) is 4.90 Å². The van der Waals surface area contributed by atoms with Crippen molar-refractivity contribution in [3.05, 3.63) is 41.6 Å². The number of methoxy groups -OCH3 is 1. The van der Waals surface area contributed by atoms with E-state index in [1.165, 1.54) is 30.5 Å². The van der Waals surface area contributed by atoms with Crippen LogP contribution in [0.15, 0.2) is 36.0 Å². The molecule has 0 radical (unpaired) electrons. The highest BCUT2D eigenvalue weighted by Crippen LogP contribution is 2.40. The van der Waals surface area contributed by atoms with E-state index in [1.54, 1.807) is 7.11 Å². The molecule has 104 valence electrons. The van der Waals surface area contributed by atoms with E-state index in [-0.39, 0.29) is 5.41 Å². The monoisotopic (exact) mass is 259 g/mol. The Morgan fingerprint density at radius 3 is 2.79 bits per heavy atom. The second kappa shape index (κ2) is 5.68. The normalized spacial score (nSPS) is 23.2. The van der Waals surface area contributed by atoms with Crippen molar-refractivity contribution >= 4 is 0 Å². The number of hydrogen-bond acceptors (Lipinski definition) is 2. The molecule has 0 spiro atoms. The standard InChI is InChI=1S/C17H25NO/c1-5-9-17(10-11-18(3)14(2)13-17)15-7-6-8-16(12-15)19-4/h6-8,12-13H,5,9-11H2,1-4H3. The van der Waals surface area contributed by atoms with E-state index in [9.17, 15) is 0 Å². The van der Waals surface area contributed by atoms with Crippen molar-refractivity contribution in [1.29, 1.82) is 0 Å². The van der Waals surface area contributed by atoms with Crippen molar-refractivity contribution < 1.29 is 4.74 Å². The number of hydrogen-bond donors (Lipinski definition) is 0. The van der Waals surface area contributed by atoms with Gasteiger partial charge in [0.2, 0.25) is 0 Å². The van der Waals surface area contributed by atoms with Crippen LogP contribution in [-0.2, 0) is 5.41 Å². The number of nitrogens with zero attached hydrogens (tertiary/aromatic N) is 1. The molecule has 2 heteroatoms. The largest absolute Gasteiger partial charge is 0.497 e. The first kappa shape index (κ1) is 14.0. The van der Waals surface area contributed by atoms with Gasteiger partial charge in [0.25, 0.3) is 0 Å².